The summed E-state index contributed by atoms with van der Waals surface area (Å²) in [5.74, 6) is 7.85. The van der Waals surface area contributed by atoms with Gasteiger partial charge < -0.3 is 10.0 Å². The molecular formula is C24H35N3O. The van der Waals surface area contributed by atoms with Gasteiger partial charge in [-0.1, -0.05) is 24.0 Å². The number of aliphatic hydroxyl groups is 1. The van der Waals surface area contributed by atoms with E-state index in [1.807, 2.05) is 14.1 Å². The van der Waals surface area contributed by atoms with Crippen LogP contribution in [0.1, 0.15) is 42.7 Å². The maximum Gasteiger partial charge on any atom is 0.0600 e. The van der Waals surface area contributed by atoms with Crippen LogP contribution in [-0.4, -0.2) is 85.3 Å². The van der Waals surface area contributed by atoms with Crippen LogP contribution in [0.25, 0.3) is 0 Å². The fraction of sp³-hybridized carbons (Fsp3) is 0.667. The molecule has 0 unspecified atom stereocenters. The second kappa shape index (κ2) is 8.97. The predicted octanol–water partition coefficient (Wildman–Crippen LogP) is 2.23. The molecule has 4 rings (SSSR count). The average Bonchev–Trinajstić information content (AvgIpc) is 3.47. The van der Waals surface area contributed by atoms with E-state index in [9.17, 15) is 5.11 Å². The van der Waals surface area contributed by atoms with Crippen molar-refractivity contribution >= 4 is 0 Å². The van der Waals surface area contributed by atoms with Crippen LogP contribution in [0, 0.1) is 17.8 Å². The summed E-state index contributed by atoms with van der Waals surface area (Å²) in [6.45, 7) is 5.86. The van der Waals surface area contributed by atoms with Gasteiger partial charge in [0.1, 0.15) is 0 Å². The topological polar surface area (TPSA) is 30.0 Å². The van der Waals surface area contributed by atoms with E-state index in [1.54, 1.807) is 0 Å². The second-order valence-corrected chi connectivity index (χ2v) is 9.15. The van der Waals surface area contributed by atoms with Gasteiger partial charge in [-0.3, -0.25) is 9.80 Å². The molecule has 4 heteroatoms. The molecular weight excluding hydrogens is 346 g/mol. The zero-order valence-electron chi connectivity index (χ0n) is 17.5. The maximum absolute atomic E-state index is 10.1. The van der Waals surface area contributed by atoms with Crippen LogP contribution in [0.2, 0.25) is 0 Å². The number of rotatable bonds is 5. The minimum Gasteiger partial charge on any atom is -0.395 e. The molecule has 3 fully saturated rings. The quantitative estimate of drug-likeness (QED) is 0.793. The molecule has 3 atom stereocenters. The second-order valence-electron chi connectivity index (χ2n) is 9.15. The Kier molecular flexibility index (Phi) is 6.38. The molecule has 1 aliphatic carbocycles. The summed E-state index contributed by atoms with van der Waals surface area (Å²) in [5, 5.41) is 10.1. The normalized spacial score (nSPS) is 28.6. The fourth-order valence-electron chi connectivity index (χ4n) is 4.93. The SMILES string of the molecule is CN(C)CC#Cc1ccc([C@H]2[C@H](CO)N3CCCCN(CC4CC4)C[C@@H]23)cc1. The van der Waals surface area contributed by atoms with E-state index in [4.69, 9.17) is 0 Å². The lowest BCUT2D eigenvalue weighted by molar-refractivity contribution is -0.0649. The Morgan fingerprint density at radius 2 is 1.86 bits per heavy atom. The Balaban J connectivity index is 1.47. The Hall–Kier alpha value is -1.38. The van der Waals surface area contributed by atoms with Crippen molar-refractivity contribution in [1.82, 2.24) is 14.7 Å². The number of hydrogen-bond donors (Lipinski definition) is 1. The van der Waals surface area contributed by atoms with E-state index < -0.39 is 0 Å². The first-order chi connectivity index (χ1) is 13.7. The number of benzene rings is 1. The highest BCUT2D eigenvalue weighted by Gasteiger charge is 2.49. The molecule has 1 aromatic rings. The van der Waals surface area contributed by atoms with Crippen LogP contribution in [0.4, 0.5) is 0 Å². The molecule has 0 bridgehead atoms. The Morgan fingerprint density at radius 3 is 2.54 bits per heavy atom. The summed E-state index contributed by atoms with van der Waals surface area (Å²) in [6.07, 6.45) is 5.38. The van der Waals surface area contributed by atoms with Gasteiger partial charge in [-0.25, -0.2) is 0 Å². The van der Waals surface area contributed by atoms with Crippen molar-refractivity contribution in [3.63, 3.8) is 0 Å². The van der Waals surface area contributed by atoms with Crippen LogP contribution in [-0.2, 0) is 0 Å². The molecule has 2 heterocycles. The van der Waals surface area contributed by atoms with Crippen molar-refractivity contribution in [1.29, 1.82) is 0 Å². The zero-order valence-corrected chi connectivity index (χ0v) is 17.5. The predicted molar refractivity (Wildman–Crippen MR) is 114 cm³/mol. The monoisotopic (exact) mass is 381 g/mol. The van der Waals surface area contributed by atoms with Crippen LogP contribution >= 0.6 is 0 Å². The molecule has 2 aliphatic heterocycles. The third-order valence-electron chi connectivity index (χ3n) is 6.59. The Labute approximate surface area is 170 Å². The molecule has 152 valence electrons. The standard InChI is InChI=1S/C24H35N3O/c1-25(2)13-5-6-19-9-11-21(12-10-19)24-22-17-26(16-20-7-8-20)14-3-4-15-27(22)23(24)18-28/h9-12,20,22-24,28H,3-4,7-8,13-18H2,1-2H3/t22-,23-,24+/m0/s1. The molecule has 1 saturated carbocycles. The average molecular weight is 382 g/mol. The van der Waals surface area contributed by atoms with Crippen molar-refractivity contribution in [3.05, 3.63) is 35.4 Å². The smallest absolute Gasteiger partial charge is 0.0600 e. The summed E-state index contributed by atoms with van der Waals surface area (Å²) in [7, 11) is 4.08. The van der Waals surface area contributed by atoms with Gasteiger partial charge in [0.05, 0.1) is 13.2 Å². The first-order valence-corrected chi connectivity index (χ1v) is 11.0. The lowest BCUT2D eigenvalue weighted by Crippen LogP contribution is -2.67. The van der Waals surface area contributed by atoms with Crippen molar-refractivity contribution in [3.8, 4) is 11.8 Å². The summed E-state index contributed by atoms with van der Waals surface area (Å²) >= 11 is 0. The van der Waals surface area contributed by atoms with Crippen LogP contribution in [0.3, 0.4) is 0 Å². The van der Waals surface area contributed by atoms with Gasteiger partial charge in [-0.2, -0.15) is 0 Å². The van der Waals surface area contributed by atoms with Gasteiger partial charge >= 0.3 is 0 Å². The maximum atomic E-state index is 10.1. The third-order valence-corrected chi connectivity index (χ3v) is 6.59. The summed E-state index contributed by atoms with van der Waals surface area (Å²) in [4.78, 5) is 7.36. The number of fused-ring (bicyclic) bond motifs is 1. The number of hydrogen-bond acceptors (Lipinski definition) is 4. The number of nitrogens with zero attached hydrogens (tertiary/aromatic N) is 3. The van der Waals surface area contributed by atoms with Gasteiger partial charge in [0, 0.05) is 36.7 Å². The van der Waals surface area contributed by atoms with E-state index in [2.05, 4.69) is 50.8 Å². The minimum absolute atomic E-state index is 0.258. The van der Waals surface area contributed by atoms with E-state index in [1.165, 1.54) is 44.3 Å². The summed E-state index contributed by atoms with van der Waals surface area (Å²) in [6, 6.07) is 9.61. The molecule has 0 radical (unpaired) electrons. The first kappa shape index (κ1) is 19.9. The lowest BCUT2D eigenvalue weighted by Gasteiger charge is -2.57. The molecule has 28 heavy (non-hydrogen) atoms. The molecule has 1 N–H and O–H groups in total. The highest BCUT2D eigenvalue weighted by molar-refractivity contribution is 5.39. The Bertz CT molecular complexity index is 701. The first-order valence-electron chi connectivity index (χ1n) is 11.0. The molecule has 4 nitrogen and oxygen atoms in total. The van der Waals surface area contributed by atoms with E-state index in [0.717, 1.165) is 31.1 Å². The van der Waals surface area contributed by atoms with Gasteiger partial charge in [0.25, 0.3) is 0 Å². The van der Waals surface area contributed by atoms with Crippen molar-refractivity contribution in [2.75, 3.05) is 53.4 Å². The molecule has 3 aliphatic rings. The van der Waals surface area contributed by atoms with Crippen LogP contribution in [0.5, 0.6) is 0 Å². The van der Waals surface area contributed by atoms with Crippen molar-refractivity contribution < 1.29 is 5.11 Å². The minimum atomic E-state index is 0.258. The van der Waals surface area contributed by atoms with E-state index >= 15 is 0 Å². The van der Waals surface area contributed by atoms with Gasteiger partial charge in [-0.15, -0.1) is 0 Å². The lowest BCUT2D eigenvalue weighted by atomic mass is 9.74. The van der Waals surface area contributed by atoms with Crippen molar-refractivity contribution in [2.45, 2.75) is 43.7 Å². The van der Waals surface area contributed by atoms with Gasteiger partial charge in [-0.05, 0) is 76.5 Å². The summed E-state index contributed by atoms with van der Waals surface area (Å²) in [5.41, 5.74) is 2.45. The van der Waals surface area contributed by atoms with E-state index in [0.29, 0.717) is 12.0 Å². The van der Waals surface area contributed by atoms with Gasteiger partial charge in [0.15, 0.2) is 0 Å². The highest BCUT2D eigenvalue weighted by Crippen LogP contribution is 2.42. The molecule has 0 amide bonds. The highest BCUT2D eigenvalue weighted by atomic mass is 16.3. The molecule has 0 spiro atoms. The van der Waals surface area contributed by atoms with Gasteiger partial charge in [0.2, 0.25) is 0 Å². The largest absolute Gasteiger partial charge is 0.395 e. The van der Waals surface area contributed by atoms with Crippen molar-refractivity contribution in [2.24, 2.45) is 5.92 Å². The van der Waals surface area contributed by atoms with E-state index in [-0.39, 0.29) is 12.6 Å². The molecule has 1 aromatic carbocycles. The molecule has 0 aromatic heterocycles. The van der Waals surface area contributed by atoms with Crippen LogP contribution in [0.15, 0.2) is 24.3 Å². The van der Waals surface area contributed by atoms with Crippen LogP contribution < -0.4 is 0 Å². The summed E-state index contributed by atoms with van der Waals surface area (Å²) < 4.78 is 0. The Morgan fingerprint density at radius 1 is 1.11 bits per heavy atom. The fourth-order valence-corrected chi connectivity index (χ4v) is 4.93. The number of aliphatic hydroxyl groups excluding tert-OH is 1. The third kappa shape index (κ3) is 4.60. The molecule has 2 saturated heterocycles. The zero-order chi connectivity index (χ0) is 19.5.